The molecule has 0 unspecified atom stereocenters. The van der Waals surface area contributed by atoms with Crippen molar-refractivity contribution < 1.29 is 0 Å². The molecular formula is C41H26N2. The molecule has 0 spiro atoms. The molecule has 0 aliphatic heterocycles. The van der Waals surface area contributed by atoms with Crippen LogP contribution < -0.4 is 0 Å². The molecule has 7 aromatic rings. The molecule has 1 aromatic heterocycles. The summed E-state index contributed by atoms with van der Waals surface area (Å²) in [5, 5.41) is 2.52. The van der Waals surface area contributed by atoms with Gasteiger partial charge in [0.15, 0.2) is 0 Å². The number of hydrogen-bond donors (Lipinski definition) is 0. The molecule has 2 heteroatoms. The summed E-state index contributed by atoms with van der Waals surface area (Å²) in [7, 11) is 0. The van der Waals surface area contributed by atoms with Crippen molar-refractivity contribution in [1.82, 2.24) is 4.98 Å². The van der Waals surface area contributed by atoms with Gasteiger partial charge in [-0.15, -0.1) is 0 Å². The third-order valence-electron chi connectivity index (χ3n) is 8.82. The van der Waals surface area contributed by atoms with Crippen molar-refractivity contribution in [2.24, 2.45) is 0 Å². The molecule has 0 bridgehead atoms. The van der Waals surface area contributed by atoms with Crippen molar-refractivity contribution in [3.05, 3.63) is 192 Å². The summed E-state index contributed by atoms with van der Waals surface area (Å²) in [4.78, 5) is 7.88. The molecule has 0 atom stereocenters. The largest absolute Gasteiger partial charge is 0.276 e. The van der Waals surface area contributed by atoms with Gasteiger partial charge in [-0.1, -0.05) is 127 Å². The molecule has 6 aromatic carbocycles. The van der Waals surface area contributed by atoms with Gasteiger partial charge >= 0.3 is 0 Å². The molecule has 43 heavy (non-hydrogen) atoms. The van der Waals surface area contributed by atoms with Gasteiger partial charge in [0, 0.05) is 12.4 Å². The summed E-state index contributed by atoms with van der Waals surface area (Å²) in [5.74, 6) is 0. The highest BCUT2D eigenvalue weighted by atomic mass is 14.7. The van der Waals surface area contributed by atoms with E-state index in [-0.39, 0.29) is 0 Å². The molecule has 0 fully saturated rings. The van der Waals surface area contributed by atoms with Crippen LogP contribution in [0, 0.1) is 6.57 Å². The van der Waals surface area contributed by atoms with Crippen molar-refractivity contribution in [2.75, 3.05) is 0 Å². The average Bonchev–Trinajstić information content (AvgIpc) is 3.40. The number of fused-ring (bicyclic) bond motifs is 5. The lowest BCUT2D eigenvalue weighted by molar-refractivity contribution is 0.769. The maximum Gasteiger partial charge on any atom is 0.205 e. The molecule has 1 aliphatic carbocycles. The quantitative estimate of drug-likeness (QED) is 0.201. The van der Waals surface area contributed by atoms with Gasteiger partial charge in [0.25, 0.3) is 0 Å². The average molecular weight is 547 g/mol. The maximum atomic E-state index is 7.42. The number of nitrogens with zero attached hydrogens (tertiary/aromatic N) is 2. The van der Waals surface area contributed by atoms with E-state index in [2.05, 4.69) is 149 Å². The topological polar surface area (TPSA) is 17.2 Å². The Morgan fingerprint density at radius 1 is 0.512 bits per heavy atom. The molecule has 0 saturated heterocycles. The van der Waals surface area contributed by atoms with E-state index < -0.39 is 5.41 Å². The van der Waals surface area contributed by atoms with Gasteiger partial charge in [-0.05, 0) is 84.6 Å². The lowest BCUT2D eigenvalue weighted by Gasteiger charge is -2.34. The fourth-order valence-electron chi connectivity index (χ4n) is 6.96. The highest BCUT2D eigenvalue weighted by molar-refractivity contribution is 6.04. The third-order valence-corrected chi connectivity index (χ3v) is 8.82. The number of benzene rings is 6. The molecule has 200 valence electrons. The minimum Gasteiger partial charge on any atom is -0.276 e. The van der Waals surface area contributed by atoms with Crippen molar-refractivity contribution in [3.8, 4) is 33.4 Å². The highest BCUT2D eigenvalue weighted by Crippen LogP contribution is 2.58. The van der Waals surface area contributed by atoms with Crippen LogP contribution in [0.4, 0.5) is 5.69 Å². The molecule has 1 heterocycles. The van der Waals surface area contributed by atoms with E-state index in [1.54, 1.807) is 6.20 Å². The summed E-state index contributed by atoms with van der Waals surface area (Å²) >= 11 is 0. The first-order valence-electron chi connectivity index (χ1n) is 14.5. The Morgan fingerprint density at radius 3 is 1.93 bits per heavy atom. The van der Waals surface area contributed by atoms with Gasteiger partial charge in [-0.3, -0.25) is 4.98 Å². The van der Waals surface area contributed by atoms with Crippen LogP contribution in [0.1, 0.15) is 22.3 Å². The Hall–Kier alpha value is -5.78. The fraction of sp³-hybridized carbons (Fsp3) is 0.0244. The number of aromatic nitrogens is 1. The van der Waals surface area contributed by atoms with Gasteiger partial charge < -0.3 is 0 Å². The first kappa shape index (κ1) is 25.0. The Bertz CT molecular complexity index is 2150. The summed E-state index contributed by atoms with van der Waals surface area (Å²) in [5.41, 5.74) is 12.0. The molecule has 0 N–H and O–H groups in total. The Morgan fingerprint density at radius 2 is 1.19 bits per heavy atom. The van der Waals surface area contributed by atoms with Crippen LogP contribution in [0.2, 0.25) is 0 Å². The second-order valence-electron chi connectivity index (χ2n) is 11.1. The SMILES string of the molecule is [C-]#[N+]c1cncc(-c2cccc(-c3ccc4c(c3)C(c3ccccc3)(c3ccccc3)c3ccc5ccccc5c3-4)c2)c1. The fourth-order valence-corrected chi connectivity index (χ4v) is 6.96. The van der Waals surface area contributed by atoms with Gasteiger partial charge in [-0.2, -0.15) is 0 Å². The van der Waals surface area contributed by atoms with Crippen molar-refractivity contribution in [3.63, 3.8) is 0 Å². The first-order valence-corrected chi connectivity index (χ1v) is 14.5. The molecular weight excluding hydrogens is 520 g/mol. The summed E-state index contributed by atoms with van der Waals surface area (Å²) in [6.07, 6.45) is 3.43. The third kappa shape index (κ3) is 3.83. The van der Waals surface area contributed by atoms with E-state index in [1.165, 1.54) is 44.2 Å². The van der Waals surface area contributed by atoms with Gasteiger partial charge in [0.1, 0.15) is 0 Å². The standard InChI is InChI=1S/C41H26N2/c1-42-35-24-32(26-43-27-35)30-13-10-12-29(23-30)31-19-21-37-39(25-31)41(33-14-4-2-5-15-33,34-16-6-3-7-17-34)38-22-20-28-11-8-9-18-36(28)40(37)38/h2-27H. The summed E-state index contributed by atoms with van der Waals surface area (Å²) in [6.45, 7) is 7.42. The zero-order valence-electron chi connectivity index (χ0n) is 23.4. The Kier molecular flexibility index (Phi) is 5.77. The van der Waals surface area contributed by atoms with E-state index in [9.17, 15) is 0 Å². The first-order chi connectivity index (χ1) is 21.3. The van der Waals surface area contributed by atoms with Crippen LogP contribution in [0.3, 0.4) is 0 Å². The minimum absolute atomic E-state index is 0.473. The molecule has 0 amide bonds. The van der Waals surface area contributed by atoms with E-state index in [4.69, 9.17) is 6.57 Å². The van der Waals surface area contributed by atoms with Gasteiger partial charge in [-0.25, -0.2) is 4.85 Å². The van der Waals surface area contributed by atoms with Crippen LogP contribution in [0.15, 0.2) is 158 Å². The number of pyridine rings is 1. The van der Waals surface area contributed by atoms with Gasteiger partial charge in [0.2, 0.25) is 5.69 Å². The van der Waals surface area contributed by atoms with E-state index in [1.807, 2.05) is 12.3 Å². The van der Waals surface area contributed by atoms with Crippen LogP contribution in [-0.2, 0) is 5.41 Å². The Balaban J connectivity index is 1.42. The molecule has 0 saturated carbocycles. The molecule has 8 rings (SSSR count). The molecule has 1 aliphatic rings. The Labute approximate surface area is 251 Å². The smallest absolute Gasteiger partial charge is 0.205 e. The molecule has 0 radical (unpaired) electrons. The van der Waals surface area contributed by atoms with Crippen LogP contribution in [0.25, 0.3) is 49.0 Å². The highest BCUT2D eigenvalue weighted by Gasteiger charge is 2.46. The lowest BCUT2D eigenvalue weighted by Crippen LogP contribution is -2.28. The van der Waals surface area contributed by atoms with E-state index >= 15 is 0 Å². The second kappa shape index (κ2) is 9.94. The van der Waals surface area contributed by atoms with Crippen LogP contribution in [0.5, 0.6) is 0 Å². The summed E-state index contributed by atoms with van der Waals surface area (Å²) in [6, 6.07) is 52.6. The number of rotatable bonds is 4. The predicted molar refractivity (Wildman–Crippen MR) is 176 cm³/mol. The van der Waals surface area contributed by atoms with E-state index in [0.29, 0.717) is 5.69 Å². The zero-order chi connectivity index (χ0) is 28.8. The summed E-state index contributed by atoms with van der Waals surface area (Å²) < 4.78 is 0. The van der Waals surface area contributed by atoms with E-state index in [0.717, 1.165) is 22.3 Å². The number of hydrogen-bond acceptors (Lipinski definition) is 1. The lowest BCUT2D eigenvalue weighted by atomic mass is 9.67. The van der Waals surface area contributed by atoms with Gasteiger partial charge in [0.05, 0.1) is 12.0 Å². The monoisotopic (exact) mass is 546 g/mol. The van der Waals surface area contributed by atoms with Crippen molar-refractivity contribution in [1.29, 1.82) is 0 Å². The maximum absolute atomic E-state index is 7.42. The normalized spacial score (nSPS) is 12.8. The molecule has 2 nitrogen and oxygen atoms in total. The van der Waals surface area contributed by atoms with Crippen LogP contribution >= 0.6 is 0 Å². The van der Waals surface area contributed by atoms with Crippen molar-refractivity contribution in [2.45, 2.75) is 5.41 Å². The zero-order valence-corrected chi connectivity index (χ0v) is 23.4. The predicted octanol–water partition coefficient (Wildman–Crippen LogP) is 10.5. The van der Waals surface area contributed by atoms with Crippen LogP contribution in [-0.4, -0.2) is 4.98 Å². The second-order valence-corrected chi connectivity index (χ2v) is 11.1. The van der Waals surface area contributed by atoms with Crippen molar-refractivity contribution >= 4 is 16.5 Å². The minimum atomic E-state index is -0.473.